The average Bonchev–Trinajstić information content (AvgIpc) is 2.51. The molecule has 1 aliphatic rings. The van der Waals surface area contributed by atoms with Crippen LogP contribution in [0.15, 0.2) is 18.2 Å². The number of aliphatic carboxylic acids is 1. The van der Waals surface area contributed by atoms with Crippen molar-refractivity contribution in [3.8, 4) is 0 Å². The van der Waals surface area contributed by atoms with E-state index in [-0.39, 0.29) is 11.9 Å². The molecular formula is C16H21ClN2O3. The Hall–Kier alpha value is -1.59. The van der Waals surface area contributed by atoms with Gasteiger partial charge in [-0.1, -0.05) is 17.7 Å². The minimum atomic E-state index is -0.789. The summed E-state index contributed by atoms with van der Waals surface area (Å²) < 4.78 is 0. The van der Waals surface area contributed by atoms with Gasteiger partial charge in [-0.15, -0.1) is 0 Å². The summed E-state index contributed by atoms with van der Waals surface area (Å²) in [7, 11) is 0. The van der Waals surface area contributed by atoms with Gasteiger partial charge in [0.05, 0.1) is 12.0 Å². The van der Waals surface area contributed by atoms with Gasteiger partial charge in [0, 0.05) is 17.3 Å². The summed E-state index contributed by atoms with van der Waals surface area (Å²) in [5.74, 6) is -1.32. The summed E-state index contributed by atoms with van der Waals surface area (Å²) in [6.45, 7) is 4.81. The topological polar surface area (TPSA) is 69.6 Å². The van der Waals surface area contributed by atoms with Gasteiger partial charge in [-0.25, -0.2) is 0 Å². The maximum absolute atomic E-state index is 12.4. The number of likely N-dealkylation sites (tertiary alicyclic amines) is 1. The van der Waals surface area contributed by atoms with Crippen LogP contribution in [0.1, 0.15) is 25.3 Å². The van der Waals surface area contributed by atoms with E-state index in [1.54, 1.807) is 19.1 Å². The lowest BCUT2D eigenvalue weighted by Gasteiger charge is -2.34. The van der Waals surface area contributed by atoms with Gasteiger partial charge in [0.15, 0.2) is 0 Å². The number of hydrogen-bond acceptors (Lipinski definition) is 3. The maximum atomic E-state index is 12.4. The van der Waals surface area contributed by atoms with Crippen molar-refractivity contribution in [3.05, 3.63) is 28.8 Å². The second kappa shape index (κ2) is 7.11. The van der Waals surface area contributed by atoms with Crippen LogP contribution in [-0.2, 0) is 9.59 Å². The molecule has 1 aromatic carbocycles. The molecule has 1 aliphatic heterocycles. The zero-order valence-corrected chi connectivity index (χ0v) is 13.6. The van der Waals surface area contributed by atoms with Crippen molar-refractivity contribution in [3.63, 3.8) is 0 Å². The number of piperidine rings is 1. The number of benzene rings is 1. The molecule has 2 unspecified atom stereocenters. The van der Waals surface area contributed by atoms with Crippen LogP contribution in [0.2, 0.25) is 5.02 Å². The van der Waals surface area contributed by atoms with Crippen LogP contribution < -0.4 is 5.32 Å². The van der Waals surface area contributed by atoms with E-state index in [1.165, 1.54) is 0 Å². The Kier molecular flexibility index (Phi) is 5.42. The number of rotatable bonds is 4. The van der Waals surface area contributed by atoms with Gasteiger partial charge in [0.2, 0.25) is 5.91 Å². The Bertz CT molecular complexity index is 577. The van der Waals surface area contributed by atoms with Crippen molar-refractivity contribution in [2.24, 2.45) is 5.92 Å². The fourth-order valence-corrected chi connectivity index (χ4v) is 2.88. The molecule has 1 amide bonds. The van der Waals surface area contributed by atoms with Gasteiger partial charge in [-0.05, 0) is 50.9 Å². The maximum Gasteiger partial charge on any atom is 0.307 e. The third kappa shape index (κ3) is 3.78. The van der Waals surface area contributed by atoms with Crippen LogP contribution in [0.3, 0.4) is 0 Å². The van der Waals surface area contributed by atoms with Crippen molar-refractivity contribution >= 4 is 29.2 Å². The lowest BCUT2D eigenvalue weighted by Crippen LogP contribution is -2.48. The molecule has 0 saturated carbocycles. The molecule has 0 radical (unpaired) electrons. The Morgan fingerprint density at radius 2 is 2.18 bits per heavy atom. The number of halogens is 1. The van der Waals surface area contributed by atoms with Gasteiger partial charge in [0.1, 0.15) is 0 Å². The van der Waals surface area contributed by atoms with Gasteiger partial charge < -0.3 is 10.4 Å². The first-order valence-corrected chi connectivity index (χ1v) is 7.80. The highest BCUT2D eigenvalue weighted by Crippen LogP contribution is 2.24. The lowest BCUT2D eigenvalue weighted by atomic mass is 9.97. The van der Waals surface area contributed by atoms with Gasteiger partial charge in [-0.2, -0.15) is 0 Å². The van der Waals surface area contributed by atoms with E-state index in [9.17, 15) is 9.59 Å². The highest BCUT2D eigenvalue weighted by Gasteiger charge is 2.30. The molecule has 0 bridgehead atoms. The largest absolute Gasteiger partial charge is 0.481 e. The zero-order chi connectivity index (χ0) is 16.3. The van der Waals surface area contributed by atoms with E-state index in [0.717, 1.165) is 18.5 Å². The van der Waals surface area contributed by atoms with Crippen molar-refractivity contribution in [2.75, 3.05) is 18.4 Å². The molecule has 0 spiro atoms. The average molecular weight is 325 g/mol. The van der Waals surface area contributed by atoms with Gasteiger partial charge in [-0.3, -0.25) is 14.5 Å². The van der Waals surface area contributed by atoms with E-state index < -0.39 is 11.9 Å². The summed E-state index contributed by atoms with van der Waals surface area (Å²) in [5, 5.41) is 12.6. The minimum Gasteiger partial charge on any atom is -0.481 e. The van der Waals surface area contributed by atoms with Gasteiger partial charge >= 0.3 is 5.97 Å². The van der Waals surface area contributed by atoms with Crippen molar-refractivity contribution in [2.45, 2.75) is 32.7 Å². The SMILES string of the molecule is Cc1c(Cl)cccc1NC(=O)C(C)N1CCCC(C(=O)O)C1. The summed E-state index contributed by atoms with van der Waals surface area (Å²) in [6.07, 6.45) is 1.47. The Morgan fingerprint density at radius 3 is 2.86 bits per heavy atom. The predicted molar refractivity (Wildman–Crippen MR) is 86.2 cm³/mol. The first-order valence-electron chi connectivity index (χ1n) is 7.43. The highest BCUT2D eigenvalue weighted by molar-refractivity contribution is 6.31. The normalized spacial score (nSPS) is 20.4. The van der Waals surface area contributed by atoms with Crippen LogP contribution in [0, 0.1) is 12.8 Å². The second-order valence-corrected chi connectivity index (χ2v) is 6.16. The number of carboxylic acids is 1. The smallest absolute Gasteiger partial charge is 0.307 e. The molecule has 6 heteroatoms. The Balaban J connectivity index is 2.02. The number of carboxylic acid groups (broad SMARTS) is 1. The summed E-state index contributed by atoms with van der Waals surface area (Å²) in [6, 6.07) is 5.00. The highest BCUT2D eigenvalue weighted by atomic mass is 35.5. The van der Waals surface area contributed by atoms with Crippen LogP contribution >= 0.6 is 11.6 Å². The molecule has 2 atom stereocenters. The quantitative estimate of drug-likeness (QED) is 0.893. The molecule has 22 heavy (non-hydrogen) atoms. The third-order valence-electron chi connectivity index (χ3n) is 4.25. The summed E-state index contributed by atoms with van der Waals surface area (Å²) in [4.78, 5) is 25.5. The Labute approximate surface area is 135 Å². The third-order valence-corrected chi connectivity index (χ3v) is 4.66. The number of carbonyl (C=O) groups excluding carboxylic acids is 1. The molecule has 0 aromatic heterocycles. The number of hydrogen-bond donors (Lipinski definition) is 2. The number of anilines is 1. The van der Waals surface area contributed by atoms with E-state index in [0.29, 0.717) is 23.7 Å². The predicted octanol–water partition coefficient (Wildman–Crippen LogP) is 2.77. The number of nitrogens with one attached hydrogen (secondary N) is 1. The monoisotopic (exact) mass is 324 g/mol. The zero-order valence-electron chi connectivity index (χ0n) is 12.8. The fourth-order valence-electron chi connectivity index (χ4n) is 2.71. The molecule has 2 rings (SSSR count). The summed E-state index contributed by atoms with van der Waals surface area (Å²) in [5.41, 5.74) is 1.52. The molecule has 1 aromatic rings. The van der Waals surface area contributed by atoms with Crippen LogP contribution in [0.25, 0.3) is 0 Å². The number of carbonyl (C=O) groups is 2. The molecule has 1 heterocycles. The van der Waals surface area contributed by atoms with E-state index in [2.05, 4.69) is 5.32 Å². The molecule has 1 saturated heterocycles. The summed E-state index contributed by atoms with van der Waals surface area (Å²) >= 11 is 6.05. The Morgan fingerprint density at radius 1 is 1.45 bits per heavy atom. The second-order valence-electron chi connectivity index (χ2n) is 5.75. The van der Waals surface area contributed by atoms with Gasteiger partial charge in [0.25, 0.3) is 0 Å². The molecular weight excluding hydrogens is 304 g/mol. The fraction of sp³-hybridized carbons (Fsp3) is 0.500. The molecule has 2 N–H and O–H groups in total. The van der Waals surface area contributed by atoms with Crippen LogP contribution in [0.5, 0.6) is 0 Å². The van der Waals surface area contributed by atoms with E-state index in [4.69, 9.17) is 16.7 Å². The first-order chi connectivity index (χ1) is 10.4. The first kappa shape index (κ1) is 16.8. The minimum absolute atomic E-state index is 0.142. The standard InChI is InChI=1S/C16H21ClN2O3/c1-10-13(17)6-3-7-14(10)18-15(20)11(2)19-8-4-5-12(9-19)16(21)22/h3,6-7,11-12H,4-5,8-9H2,1-2H3,(H,18,20)(H,21,22). The van der Waals surface area contributed by atoms with Crippen LogP contribution in [-0.4, -0.2) is 41.0 Å². The lowest BCUT2D eigenvalue weighted by molar-refractivity contribution is -0.144. The molecule has 1 fully saturated rings. The van der Waals surface area contributed by atoms with E-state index >= 15 is 0 Å². The number of amides is 1. The van der Waals surface area contributed by atoms with E-state index in [1.807, 2.05) is 17.9 Å². The van der Waals surface area contributed by atoms with Crippen molar-refractivity contribution in [1.82, 2.24) is 4.90 Å². The van der Waals surface area contributed by atoms with Crippen LogP contribution in [0.4, 0.5) is 5.69 Å². The molecule has 5 nitrogen and oxygen atoms in total. The molecule has 120 valence electrons. The van der Waals surface area contributed by atoms with Crippen molar-refractivity contribution < 1.29 is 14.7 Å². The van der Waals surface area contributed by atoms with Crippen molar-refractivity contribution in [1.29, 1.82) is 0 Å². The number of nitrogens with zero attached hydrogens (tertiary/aromatic N) is 1. The molecule has 0 aliphatic carbocycles.